The van der Waals surface area contributed by atoms with Gasteiger partial charge in [-0.05, 0) is 98.9 Å². The summed E-state index contributed by atoms with van der Waals surface area (Å²) < 4.78 is 8.86. The summed E-state index contributed by atoms with van der Waals surface area (Å²) in [5.74, 6) is 0. The molecule has 0 aliphatic heterocycles. The third kappa shape index (κ3) is 5.36. The van der Waals surface area contributed by atoms with Crippen LogP contribution in [0.15, 0.2) is 223 Å². The highest BCUT2D eigenvalue weighted by atomic mass is 16.3. The molecule has 0 spiro atoms. The van der Waals surface area contributed by atoms with Gasteiger partial charge in [0.15, 0.2) is 0 Å². The number of nitrogens with zero attached hydrogens (tertiary/aromatic N) is 2. The molecule has 0 N–H and O–H groups in total. The van der Waals surface area contributed by atoms with E-state index in [0.29, 0.717) is 0 Å². The largest absolute Gasteiger partial charge is 0.456 e. The Morgan fingerprint density at radius 2 is 0.949 bits per heavy atom. The Balaban J connectivity index is 1.04. The predicted molar refractivity (Wildman–Crippen MR) is 249 cm³/mol. The molecule has 12 rings (SSSR count). The number of para-hydroxylation sites is 3. The Kier molecular flexibility index (Phi) is 7.54. The van der Waals surface area contributed by atoms with Crippen molar-refractivity contribution in [2.24, 2.45) is 0 Å². The van der Waals surface area contributed by atoms with Gasteiger partial charge in [-0.25, -0.2) is 0 Å². The molecule has 0 saturated heterocycles. The average molecular weight is 753 g/mol. The summed E-state index contributed by atoms with van der Waals surface area (Å²) in [6, 6.07) is 78.7. The first-order valence-corrected chi connectivity index (χ1v) is 20.2. The lowest BCUT2D eigenvalue weighted by molar-refractivity contribution is 0.669. The molecule has 0 aliphatic carbocycles. The van der Waals surface area contributed by atoms with Gasteiger partial charge >= 0.3 is 0 Å². The van der Waals surface area contributed by atoms with E-state index in [-0.39, 0.29) is 0 Å². The third-order valence-electron chi connectivity index (χ3n) is 12.0. The zero-order valence-corrected chi connectivity index (χ0v) is 32.1. The van der Waals surface area contributed by atoms with E-state index < -0.39 is 0 Å². The van der Waals surface area contributed by atoms with Crippen LogP contribution >= 0.6 is 0 Å². The van der Waals surface area contributed by atoms with Gasteiger partial charge in [-0.3, -0.25) is 0 Å². The molecule has 2 aromatic heterocycles. The normalized spacial score (nSPS) is 11.7. The fraction of sp³-hybridized carbons (Fsp3) is 0. The Morgan fingerprint density at radius 1 is 0.356 bits per heavy atom. The summed E-state index contributed by atoms with van der Waals surface area (Å²) in [6.07, 6.45) is 0. The van der Waals surface area contributed by atoms with Crippen molar-refractivity contribution in [3.8, 4) is 27.9 Å². The second-order valence-electron chi connectivity index (χ2n) is 15.3. The molecule has 12 aromatic rings. The van der Waals surface area contributed by atoms with Crippen LogP contribution in [0, 0.1) is 0 Å². The highest BCUT2D eigenvalue weighted by Gasteiger charge is 2.21. The van der Waals surface area contributed by atoms with Gasteiger partial charge in [0.2, 0.25) is 0 Å². The fourth-order valence-electron chi connectivity index (χ4n) is 9.25. The molecule has 0 radical (unpaired) electrons. The zero-order chi connectivity index (χ0) is 38.9. The van der Waals surface area contributed by atoms with Crippen LogP contribution in [-0.4, -0.2) is 4.57 Å². The van der Waals surface area contributed by atoms with Gasteiger partial charge in [-0.15, -0.1) is 0 Å². The Hall–Kier alpha value is -7.88. The van der Waals surface area contributed by atoms with Crippen molar-refractivity contribution in [3.05, 3.63) is 218 Å². The lowest BCUT2D eigenvalue weighted by Crippen LogP contribution is -2.09. The van der Waals surface area contributed by atoms with Crippen LogP contribution in [-0.2, 0) is 0 Å². The van der Waals surface area contributed by atoms with Crippen molar-refractivity contribution in [2.45, 2.75) is 0 Å². The van der Waals surface area contributed by atoms with E-state index >= 15 is 0 Å². The van der Waals surface area contributed by atoms with E-state index in [9.17, 15) is 0 Å². The van der Waals surface area contributed by atoms with Gasteiger partial charge in [0.05, 0.1) is 11.0 Å². The van der Waals surface area contributed by atoms with Crippen molar-refractivity contribution in [1.82, 2.24) is 4.57 Å². The molecular weight excluding hydrogens is 717 g/mol. The molecule has 3 heteroatoms. The number of anilines is 3. The van der Waals surface area contributed by atoms with Crippen LogP contribution in [0.4, 0.5) is 17.1 Å². The molecule has 0 amide bonds. The van der Waals surface area contributed by atoms with E-state index in [1.165, 1.54) is 60.0 Å². The van der Waals surface area contributed by atoms with Crippen LogP contribution in [0.5, 0.6) is 0 Å². The van der Waals surface area contributed by atoms with Gasteiger partial charge in [0.1, 0.15) is 11.2 Å². The van der Waals surface area contributed by atoms with E-state index in [2.05, 4.69) is 216 Å². The Labute approximate surface area is 341 Å². The maximum atomic E-state index is 6.40. The first kappa shape index (κ1) is 33.3. The molecular formula is C56H36N2O. The maximum absolute atomic E-state index is 6.40. The minimum Gasteiger partial charge on any atom is -0.456 e. The van der Waals surface area contributed by atoms with Crippen LogP contribution in [0.25, 0.3) is 93.2 Å². The number of rotatable bonds is 6. The minimum atomic E-state index is 0.868. The Morgan fingerprint density at radius 3 is 1.75 bits per heavy atom. The number of hydrogen-bond donors (Lipinski definition) is 0. The average Bonchev–Trinajstić information content (AvgIpc) is 3.86. The predicted octanol–water partition coefficient (Wildman–Crippen LogP) is 15.8. The lowest BCUT2D eigenvalue weighted by atomic mass is 9.96. The molecule has 2 heterocycles. The summed E-state index contributed by atoms with van der Waals surface area (Å²) in [5.41, 5.74) is 13.2. The Bertz CT molecular complexity index is 3530. The molecule has 0 unspecified atom stereocenters. The highest BCUT2D eigenvalue weighted by molar-refractivity contribution is 6.29. The quantitative estimate of drug-likeness (QED) is 0.158. The van der Waals surface area contributed by atoms with Gasteiger partial charge in [-0.2, -0.15) is 0 Å². The maximum Gasteiger partial charge on any atom is 0.137 e. The monoisotopic (exact) mass is 752 g/mol. The zero-order valence-electron chi connectivity index (χ0n) is 32.1. The molecule has 0 saturated carbocycles. The van der Waals surface area contributed by atoms with Crippen molar-refractivity contribution < 1.29 is 4.42 Å². The molecule has 59 heavy (non-hydrogen) atoms. The van der Waals surface area contributed by atoms with Gasteiger partial charge in [0.25, 0.3) is 0 Å². The van der Waals surface area contributed by atoms with E-state index in [0.717, 1.165) is 50.3 Å². The SMILES string of the molecule is c1ccc(-c2ccc(N(c3ccc(-c4cccc5c6c7c(ccc8ccccc87)ccc6n(-c6ccccc6)c45)cc3)c3ccc4c(c3)oc3ccccc34)cc2)cc1. The van der Waals surface area contributed by atoms with E-state index in [1.54, 1.807) is 0 Å². The summed E-state index contributed by atoms with van der Waals surface area (Å²) in [6.45, 7) is 0. The standard InChI is InChI=1S/C56H36N2O/c1-3-12-37(13-4-1)38-24-29-43(30-25-38)57(45-33-34-49-48-18-9-10-21-52(48)59-53(49)36-45)44-31-26-40(27-32-44)47-19-11-20-50-55-51(58(56(47)50)42-15-5-2-6-16-42)35-28-41-23-22-39-14-7-8-17-46(39)54(41)55/h1-36H. The number of aromatic nitrogens is 1. The number of furan rings is 1. The molecule has 0 fully saturated rings. The van der Waals surface area contributed by atoms with Crippen molar-refractivity contribution in [3.63, 3.8) is 0 Å². The smallest absolute Gasteiger partial charge is 0.137 e. The van der Waals surface area contributed by atoms with Crippen LogP contribution < -0.4 is 4.90 Å². The van der Waals surface area contributed by atoms with Crippen LogP contribution in [0.3, 0.4) is 0 Å². The highest BCUT2D eigenvalue weighted by Crippen LogP contribution is 2.44. The number of benzene rings is 10. The summed E-state index contributed by atoms with van der Waals surface area (Å²) in [7, 11) is 0. The lowest BCUT2D eigenvalue weighted by Gasteiger charge is -2.26. The van der Waals surface area contributed by atoms with E-state index in [4.69, 9.17) is 4.42 Å². The van der Waals surface area contributed by atoms with Gasteiger partial charge in [0, 0.05) is 55.9 Å². The topological polar surface area (TPSA) is 21.3 Å². The molecule has 276 valence electrons. The summed E-state index contributed by atoms with van der Waals surface area (Å²) in [4.78, 5) is 2.32. The summed E-state index contributed by atoms with van der Waals surface area (Å²) in [5, 5.41) is 9.82. The van der Waals surface area contributed by atoms with Crippen LogP contribution in [0.2, 0.25) is 0 Å². The molecule has 3 nitrogen and oxygen atoms in total. The van der Waals surface area contributed by atoms with Crippen molar-refractivity contribution in [2.75, 3.05) is 4.90 Å². The van der Waals surface area contributed by atoms with Crippen molar-refractivity contribution in [1.29, 1.82) is 0 Å². The van der Waals surface area contributed by atoms with Gasteiger partial charge in [-0.1, -0.05) is 152 Å². The first-order chi connectivity index (χ1) is 29.3. The van der Waals surface area contributed by atoms with Crippen LogP contribution in [0.1, 0.15) is 0 Å². The van der Waals surface area contributed by atoms with Gasteiger partial charge < -0.3 is 13.9 Å². The number of fused-ring (bicyclic) bond motifs is 10. The van der Waals surface area contributed by atoms with E-state index in [1.807, 2.05) is 12.1 Å². The second kappa shape index (κ2) is 13.4. The molecule has 10 aromatic carbocycles. The third-order valence-corrected chi connectivity index (χ3v) is 12.0. The second-order valence-corrected chi connectivity index (χ2v) is 15.3. The first-order valence-electron chi connectivity index (χ1n) is 20.2. The fourth-order valence-corrected chi connectivity index (χ4v) is 9.25. The molecule has 0 aliphatic rings. The number of hydrogen-bond acceptors (Lipinski definition) is 2. The summed E-state index contributed by atoms with van der Waals surface area (Å²) >= 11 is 0. The van der Waals surface area contributed by atoms with Crippen molar-refractivity contribution >= 4 is 82.4 Å². The molecule has 0 bridgehead atoms. The minimum absolute atomic E-state index is 0.868. The molecule has 0 atom stereocenters.